The summed E-state index contributed by atoms with van der Waals surface area (Å²) in [6.07, 6.45) is 1.21. The van der Waals surface area contributed by atoms with E-state index in [0.29, 0.717) is 18.1 Å². The van der Waals surface area contributed by atoms with Crippen LogP contribution in [-0.2, 0) is 11.4 Å². The molecule has 4 nitrogen and oxygen atoms in total. The predicted octanol–water partition coefficient (Wildman–Crippen LogP) is 7.90. The third-order valence-electron chi connectivity index (χ3n) is 7.09. The van der Waals surface area contributed by atoms with Crippen LogP contribution in [0.1, 0.15) is 41.5 Å². The molecule has 0 fully saturated rings. The van der Waals surface area contributed by atoms with Crippen molar-refractivity contribution in [1.29, 1.82) is 0 Å². The number of ether oxygens (including phenoxy) is 1. The molecule has 6 rings (SSSR count). The van der Waals surface area contributed by atoms with Crippen LogP contribution in [0.4, 0.5) is 11.4 Å². The van der Waals surface area contributed by atoms with E-state index in [1.807, 2.05) is 97.1 Å². The summed E-state index contributed by atoms with van der Waals surface area (Å²) in [4.78, 5) is 13.8. The van der Waals surface area contributed by atoms with E-state index in [4.69, 9.17) is 16.3 Å². The minimum atomic E-state index is -0.287. The summed E-state index contributed by atoms with van der Waals surface area (Å²) in [7, 11) is 0. The lowest BCUT2D eigenvalue weighted by Gasteiger charge is -2.30. The highest BCUT2D eigenvalue weighted by Gasteiger charge is 2.36. The first-order valence-corrected chi connectivity index (χ1v) is 12.9. The van der Waals surface area contributed by atoms with E-state index in [-0.39, 0.29) is 17.7 Å². The van der Waals surface area contributed by atoms with Gasteiger partial charge in [0.2, 0.25) is 0 Å². The Bertz CT molecular complexity index is 1460. The number of fused-ring (bicyclic) bond motifs is 1. The number of carbonyl (C=O) groups excluding carboxylic acids is 1. The molecule has 1 aliphatic carbocycles. The first-order valence-electron chi connectivity index (χ1n) is 12.5. The Hall–Kier alpha value is -4.02. The van der Waals surface area contributed by atoms with E-state index in [1.54, 1.807) is 0 Å². The van der Waals surface area contributed by atoms with Crippen molar-refractivity contribution in [1.82, 2.24) is 0 Å². The molecule has 5 heteroatoms. The average Bonchev–Trinajstić information content (AvgIpc) is 3.10. The summed E-state index contributed by atoms with van der Waals surface area (Å²) in [5.74, 6) is 1.02. The van der Waals surface area contributed by atoms with Crippen molar-refractivity contribution in [2.45, 2.75) is 31.4 Å². The van der Waals surface area contributed by atoms with Crippen molar-refractivity contribution in [3.05, 3.63) is 136 Å². The van der Waals surface area contributed by atoms with E-state index in [1.165, 1.54) is 0 Å². The lowest BCUT2D eigenvalue weighted by molar-refractivity contribution is -0.116. The van der Waals surface area contributed by atoms with Gasteiger partial charge in [0.05, 0.1) is 17.4 Å². The Morgan fingerprint density at radius 1 is 0.784 bits per heavy atom. The van der Waals surface area contributed by atoms with Crippen LogP contribution < -0.4 is 15.4 Å². The molecule has 2 atom stereocenters. The molecule has 0 saturated heterocycles. The van der Waals surface area contributed by atoms with Crippen LogP contribution >= 0.6 is 11.6 Å². The molecule has 0 saturated carbocycles. The number of para-hydroxylation sites is 2. The van der Waals surface area contributed by atoms with Crippen molar-refractivity contribution >= 4 is 28.8 Å². The number of hydrogen-bond donors (Lipinski definition) is 2. The molecule has 2 N–H and O–H groups in total. The van der Waals surface area contributed by atoms with Gasteiger partial charge in [0, 0.05) is 22.7 Å². The average molecular weight is 507 g/mol. The van der Waals surface area contributed by atoms with Gasteiger partial charge in [-0.2, -0.15) is 0 Å². The number of Topliss-reactive ketones (excluding diaryl/α,β-unsaturated/α-hetero) is 1. The number of allylic oxidation sites excluding steroid dienone is 1. The zero-order valence-corrected chi connectivity index (χ0v) is 21.0. The second kappa shape index (κ2) is 10.2. The maximum Gasteiger partial charge on any atom is 0.163 e. The number of anilines is 2. The third-order valence-corrected chi connectivity index (χ3v) is 7.34. The van der Waals surface area contributed by atoms with Crippen molar-refractivity contribution in [3.63, 3.8) is 0 Å². The molecule has 0 aromatic heterocycles. The maximum atomic E-state index is 13.8. The number of rotatable bonds is 5. The minimum Gasteiger partial charge on any atom is -0.489 e. The maximum absolute atomic E-state index is 13.8. The third kappa shape index (κ3) is 4.98. The Morgan fingerprint density at radius 3 is 2.35 bits per heavy atom. The Balaban J connectivity index is 1.35. The van der Waals surface area contributed by atoms with Gasteiger partial charge in [-0.1, -0.05) is 78.3 Å². The highest BCUT2D eigenvalue weighted by molar-refractivity contribution is 6.30. The standard InChI is InChI=1S/C32H27ClN2O2/c33-25-15-13-22(14-16-25)24-18-29-31(30(36)19-24)32(35-28-12-5-4-11-27(28)34-29)23-9-6-10-26(17-23)37-20-21-7-2-1-3-8-21/h1-17,24,32,34-35H,18-20H2/t24-,32-/m0/s1. The summed E-state index contributed by atoms with van der Waals surface area (Å²) in [6.45, 7) is 0.489. The van der Waals surface area contributed by atoms with E-state index in [2.05, 4.69) is 16.7 Å². The fourth-order valence-corrected chi connectivity index (χ4v) is 5.36. The van der Waals surface area contributed by atoms with Crippen LogP contribution in [-0.4, -0.2) is 5.78 Å². The summed E-state index contributed by atoms with van der Waals surface area (Å²) in [5, 5.41) is 7.96. The van der Waals surface area contributed by atoms with Crippen molar-refractivity contribution in [2.75, 3.05) is 10.6 Å². The zero-order valence-electron chi connectivity index (χ0n) is 20.3. The molecule has 0 bridgehead atoms. The number of benzene rings is 4. The monoisotopic (exact) mass is 506 g/mol. The molecule has 2 aliphatic rings. The SMILES string of the molecule is O=C1C[C@@H](c2ccc(Cl)cc2)CC2=C1[C@H](c1cccc(OCc3ccccc3)c1)Nc1ccccc1N2. The van der Waals surface area contributed by atoms with Gasteiger partial charge in [-0.05, 0) is 65.4 Å². The molecule has 184 valence electrons. The summed E-state index contributed by atoms with van der Waals surface area (Å²) >= 11 is 6.12. The number of carbonyl (C=O) groups is 1. The van der Waals surface area contributed by atoms with Gasteiger partial charge in [-0.15, -0.1) is 0 Å². The molecule has 0 radical (unpaired) electrons. The van der Waals surface area contributed by atoms with Crippen LogP contribution in [0.15, 0.2) is 114 Å². The van der Waals surface area contributed by atoms with Crippen LogP contribution in [0.3, 0.4) is 0 Å². The van der Waals surface area contributed by atoms with E-state index >= 15 is 0 Å². The molecule has 0 unspecified atom stereocenters. The predicted molar refractivity (Wildman–Crippen MR) is 149 cm³/mol. The lowest BCUT2D eigenvalue weighted by atomic mass is 9.78. The van der Waals surface area contributed by atoms with E-state index < -0.39 is 0 Å². The van der Waals surface area contributed by atoms with Gasteiger partial charge in [0.15, 0.2) is 5.78 Å². The lowest BCUT2D eigenvalue weighted by Crippen LogP contribution is -2.26. The molecule has 1 aliphatic heterocycles. The van der Waals surface area contributed by atoms with Crippen molar-refractivity contribution in [2.24, 2.45) is 0 Å². The minimum absolute atomic E-state index is 0.0995. The van der Waals surface area contributed by atoms with Gasteiger partial charge in [0.1, 0.15) is 12.4 Å². The summed E-state index contributed by atoms with van der Waals surface area (Å²) < 4.78 is 6.12. The normalized spacial score (nSPS) is 18.7. The van der Waals surface area contributed by atoms with Gasteiger partial charge in [0.25, 0.3) is 0 Å². The smallest absolute Gasteiger partial charge is 0.163 e. The van der Waals surface area contributed by atoms with Gasteiger partial charge < -0.3 is 15.4 Å². The number of nitrogens with one attached hydrogen (secondary N) is 2. The molecule has 0 amide bonds. The molecule has 37 heavy (non-hydrogen) atoms. The Labute approximate surface area is 221 Å². The summed E-state index contributed by atoms with van der Waals surface area (Å²) in [5.41, 5.74) is 6.93. The van der Waals surface area contributed by atoms with Crippen LogP contribution in [0.5, 0.6) is 5.75 Å². The van der Waals surface area contributed by atoms with Gasteiger partial charge in [-0.25, -0.2) is 0 Å². The largest absolute Gasteiger partial charge is 0.489 e. The quantitative estimate of drug-likeness (QED) is 0.289. The molecule has 4 aromatic carbocycles. The van der Waals surface area contributed by atoms with Crippen LogP contribution in [0, 0.1) is 0 Å². The van der Waals surface area contributed by atoms with Crippen LogP contribution in [0.25, 0.3) is 0 Å². The Morgan fingerprint density at radius 2 is 1.54 bits per heavy atom. The van der Waals surface area contributed by atoms with E-state index in [9.17, 15) is 4.79 Å². The molecular weight excluding hydrogens is 480 g/mol. The van der Waals surface area contributed by atoms with Crippen molar-refractivity contribution in [3.8, 4) is 5.75 Å². The molecule has 1 heterocycles. The van der Waals surface area contributed by atoms with Gasteiger partial charge >= 0.3 is 0 Å². The second-order valence-electron chi connectivity index (χ2n) is 9.57. The second-order valence-corrected chi connectivity index (χ2v) is 10.0. The van der Waals surface area contributed by atoms with Gasteiger partial charge in [-0.3, -0.25) is 4.79 Å². The van der Waals surface area contributed by atoms with E-state index in [0.717, 1.165) is 51.5 Å². The summed E-state index contributed by atoms with van der Waals surface area (Å²) in [6, 6.07) is 33.8. The first-order chi connectivity index (χ1) is 18.1. The topological polar surface area (TPSA) is 50.4 Å². The van der Waals surface area contributed by atoms with Crippen LogP contribution in [0.2, 0.25) is 5.02 Å². The fourth-order valence-electron chi connectivity index (χ4n) is 5.24. The number of halogens is 1. The Kier molecular flexibility index (Phi) is 6.42. The number of ketones is 1. The molecular formula is C32H27ClN2O2. The zero-order chi connectivity index (χ0) is 25.2. The number of hydrogen-bond acceptors (Lipinski definition) is 4. The van der Waals surface area contributed by atoms with Crippen molar-refractivity contribution < 1.29 is 9.53 Å². The molecule has 4 aromatic rings. The first kappa shape index (κ1) is 23.4. The molecule has 0 spiro atoms. The highest BCUT2D eigenvalue weighted by atomic mass is 35.5. The fraction of sp³-hybridized carbons (Fsp3) is 0.156. The highest BCUT2D eigenvalue weighted by Crippen LogP contribution is 2.44.